The Hall–Kier alpha value is -2.57. The Balaban J connectivity index is 0.000000171. The van der Waals surface area contributed by atoms with Crippen LogP contribution in [0.25, 0.3) is 0 Å². The maximum absolute atomic E-state index is 10.6. The molecule has 17 heavy (non-hydrogen) atoms. The first-order valence-corrected chi connectivity index (χ1v) is 4.75. The molecule has 0 amide bonds. The van der Waals surface area contributed by atoms with Gasteiger partial charge in [0, 0.05) is 18.0 Å². The number of nitrogen functional groups attached to an aromatic ring is 2. The second-order valence-corrected chi connectivity index (χ2v) is 3.23. The molecule has 0 fully saturated rings. The van der Waals surface area contributed by atoms with Gasteiger partial charge in [0.15, 0.2) is 0 Å². The first-order valence-electron chi connectivity index (χ1n) is 4.75. The fourth-order valence-corrected chi connectivity index (χ4v) is 0.907. The third kappa shape index (κ3) is 3.82. The van der Waals surface area contributed by atoms with Gasteiger partial charge in [-0.15, -0.1) is 0 Å². The molecule has 0 saturated heterocycles. The number of aryl methyl sites for hydroxylation is 1. The molecule has 2 rings (SSSR count). The van der Waals surface area contributed by atoms with Crippen molar-refractivity contribution in [3.8, 4) is 0 Å². The van der Waals surface area contributed by atoms with Gasteiger partial charge in [-0.3, -0.25) is 9.78 Å². The molecule has 2 aromatic rings. The monoisotopic (exact) mass is 235 g/mol. The lowest BCUT2D eigenvalue weighted by Crippen LogP contribution is -2.22. The molecule has 0 bridgehead atoms. The van der Waals surface area contributed by atoms with E-state index in [0.717, 1.165) is 0 Å². The van der Waals surface area contributed by atoms with Crippen molar-refractivity contribution in [1.29, 1.82) is 0 Å². The van der Waals surface area contributed by atoms with Gasteiger partial charge in [0.2, 0.25) is 0 Å². The molecular formula is C10H13N5O2. The zero-order valence-corrected chi connectivity index (χ0v) is 9.23. The van der Waals surface area contributed by atoms with Gasteiger partial charge in [0.05, 0.1) is 5.69 Å². The van der Waals surface area contributed by atoms with E-state index in [9.17, 15) is 9.59 Å². The minimum atomic E-state index is -0.467. The van der Waals surface area contributed by atoms with Crippen molar-refractivity contribution in [1.82, 2.24) is 15.0 Å². The van der Waals surface area contributed by atoms with Gasteiger partial charge in [-0.2, -0.15) is 0 Å². The zero-order valence-electron chi connectivity index (χ0n) is 9.23. The summed E-state index contributed by atoms with van der Waals surface area (Å²) in [7, 11) is 0. The molecule has 0 aliphatic carbocycles. The van der Waals surface area contributed by atoms with E-state index in [1.165, 1.54) is 6.20 Å². The fourth-order valence-electron chi connectivity index (χ4n) is 0.907. The molecular weight excluding hydrogens is 222 g/mol. The molecule has 0 radical (unpaired) electrons. The number of aromatic nitrogens is 3. The third-order valence-corrected chi connectivity index (χ3v) is 1.88. The second kappa shape index (κ2) is 5.50. The van der Waals surface area contributed by atoms with Gasteiger partial charge in [-0.05, 0) is 19.1 Å². The first-order chi connectivity index (χ1) is 8.00. The van der Waals surface area contributed by atoms with E-state index in [-0.39, 0.29) is 5.56 Å². The van der Waals surface area contributed by atoms with Crippen LogP contribution in [0.4, 0.5) is 11.5 Å². The molecule has 0 spiro atoms. The van der Waals surface area contributed by atoms with Gasteiger partial charge in [-0.25, -0.2) is 9.78 Å². The number of H-pyrrole nitrogens is 2. The summed E-state index contributed by atoms with van der Waals surface area (Å²) in [6.07, 6.45) is 2.98. The normalized spacial score (nSPS) is 9.24. The van der Waals surface area contributed by atoms with E-state index in [2.05, 4.69) is 15.0 Å². The van der Waals surface area contributed by atoms with Crippen LogP contribution in [-0.2, 0) is 0 Å². The summed E-state index contributed by atoms with van der Waals surface area (Å²) in [5.74, 6) is 0.396. The maximum Gasteiger partial charge on any atom is 0.325 e. The molecule has 7 nitrogen and oxygen atoms in total. The summed E-state index contributed by atoms with van der Waals surface area (Å²) in [4.78, 5) is 29.0. The standard InChI is InChI=1S/C5H7N3.C5H6N2O2/c6-4-2-1-3-8-5(4)7;1-3-2-6-5(9)7-4(3)8/h1-3H,6H2,(H2,7,8);2H,1H3,(H2,6,7,8,9). The molecule has 0 atom stereocenters. The Morgan fingerprint density at radius 1 is 1.29 bits per heavy atom. The number of hydrogen-bond acceptors (Lipinski definition) is 5. The number of nitrogens with zero attached hydrogens (tertiary/aromatic N) is 1. The van der Waals surface area contributed by atoms with E-state index >= 15 is 0 Å². The minimum absolute atomic E-state index is 0.334. The van der Waals surface area contributed by atoms with Gasteiger partial charge >= 0.3 is 5.69 Å². The van der Waals surface area contributed by atoms with E-state index in [4.69, 9.17) is 11.5 Å². The topological polar surface area (TPSA) is 131 Å². The van der Waals surface area contributed by atoms with E-state index in [1.54, 1.807) is 25.3 Å². The summed E-state index contributed by atoms with van der Waals surface area (Å²) in [5.41, 5.74) is 10.9. The zero-order chi connectivity index (χ0) is 12.8. The molecule has 6 N–H and O–H groups in total. The van der Waals surface area contributed by atoms with Crippen LogP contribution < -0.4 is 22.7 Å². The first kappa shape index (κ1) is 12.5. The Bertz CT molecular complexity index is 581. The van der Waals surface area contributed by atoms with Gasteiger partial charge in [0.25, 0.3) is 5.56 Å². The highest BCUT2D eigenvalue weighted by Gasteiger charge is 1.89. The molecule has 0 saturated carbocycles. The van der Waals surface area contributed by atoms with E-state index in [1.807, 2.05) is 0 Å². The highest BCUT2D eigenvalue weighted by molar-refractivity contribution is 5.56. The van der Waals surface area contributed by atoms with Crippen molar-refractivity contribution >= 4 is 11.5 Å². The van der Waals surface area contributed by atoms with Gasteiger partial charge in [0.1, 0.15) is 5.82 Å². The van der Waals surface area contributed by atoms with Gasteiger partial charge < -0.3 is 16.5 Å². The summed E-state index contributed by atoms with van der Waals surface area (Å²) in [5, 5.41) is 0. The number of pyridine rings is 1. The predicted octanol–water partition coefficient (Wildman–Crippen LogP) is -0.382. The highest BCUT2D eigenvalue weighted by Crippen LogP contribution is 2.06. The molecule has 0 aromatic carbocycles. The van der Waals surface area contributed by atoms with Crippen LogP contribution in [0, 0.1) is 6.92 Å². The van der Waals surface area contributed by atoms with Crippen molar-refractivity contribution in [3.05, 3.63) is 50.9 Å². The number of hydrogen-bond donors (Lipinski definition) is 4. The molecule has 90 valence electrons. The Labute approximate surface area is 96.5 Å². The van der Waals surface area contributed by atoms with Gasteiger partial charge in [-0.1, -0.05) is 0 Å². The SMILES string of the molecule is Cc1c[nH]c(=O)[nH]c1=O.Nc1cccnc1N. The maximum atomic E-state index is 10.6. The highest BCUT2D eigenvalue weighted by atomic mass is 16.2. The van der Waals surface area contributed by atoms with Crippen LogP contribution in [0.1, 0.15) is 5.56 Å². The van der Waals surface area contributed by atoms with Crippen LogP contribution >= 0.6 is 0 Å². The van der Waals surface area contributed by atoms with Crippen molar-refractivity contribution in [2.45, 2.75) is 6.92 Å². The Morgan fingerprint density at radius 2 is 2.00 bits per heavy atom. The van der Waals surface area contributed by atoms with Crippen LogP contribution in [0.15, 0.2) is 34.1 Å². The van der Waals surface area contributed by atoms with E-state index < -0.39 is 5.69 Å². The average molecular weight is 235 g/mol. The van der Waals surface area contributed by atoms with Crippen molar-refractivity contribution < 1.29 is 0 Å². The summed E-state index contributed by atoms with van der Waals surface area (Å²) in [6, 6.07) is 3.45. The van der Waals surface area contributed by atoms with Crippen LogP contribution in [0.5, 0.6) is 0 Å². The van der Waals surface area contributed by atoms with Crippen LogP contribution in [0.3, 0.4) is 0 Å². The lowest BCUT2D eigenvalue weighted by atomic mass is 10.4. The largest absolute Gasteiger partial charge is 0.396 e. The molecule has 7 heteroatoms. The quantitative estimate of drug-likeness (QED) is 0.494. The van der Waals surface area contributed by atoms with Crippen molar-refractivity contribution in [2.75, 3.05) is 11.5 Å². The van der Waals surface area contributed by atoms with Crippen molar-refractivity contribution in [3.63, 3.8) is 0 Å². The molecule has 2 aromatic heterocycles. The third-order valence-electron chi connectivity index (χ3n) is 1.88. The lowest BCUT2D eigenvalue weighted by molar-refractivity contribution is 1.01. The lowest BCUT2D eigenvalue weighted by Gasteiger charge is -1.92. The molecule has 0 aliphatic rings. The Morgan fingerprint density at radius 3 is 2.41 bits per heavy atom. The van der Waals surface area contributed by atoms with E-state index in [0.29, 0.717) is 17.1 Å². The summed E-state index contributed by atoms with van der Waals surface area (Å²) < 4.78 is 0. The fraction of sp³-hybridized carbons (Fsp3) is 0.100. The minimum Gasteiger partial charge on any atom is -0.396 e. The molecule has 0 aliphatic heterocycles. The van der Waals surface area contributed by atoms with Crippen LogP contribution in [0.2, 0.25) is 0 Å². The predicted molar refractivity (Wildman–Crippen MR) is 65.5 cm³/mol. The number of nitrogens with two attached hydrogens (primary N) is 2. The molecule has 2 heterocycles. The Kier molecular flexibility index (Phi) is 4.04. The summed E-state index contributed by atoms with van der Waals surface area (Å²) in [6.45, 7) is 1.62. The number of aromatic amines is 2. The summed E-state index contributed by atoms with van der Waals surface area (Å²) >= 11 is 0. The molecule has 0 unspecified atom stereocenters. The van der Waals surface area contributed by atoms with Crippen molar-refractivity contribution in [2.24, 2.45) is 0 Å². The smallest absolute Gasteiger partial charge is 0.325 e. The number of anilines is 2. The number of nitrogens with one attached hydrogen (secondary N) is 2. The van der Waals surface area contributed by atoms with Crippen LogP contribution in [-0.4, -0.2) is 15.0 Å². The average Bonchev–Trinajstić information content (AvgIpc) is 2.29. The number of rotatable bonds is 0. The second-order valence-electron chi connectivity index (χ2n) is 3.23.